The second-order valence-electron chi connectivity index (χ2n) is 3.08. The molecule has 1 aliphatic heterocycles. The molecule has 1 amide bonds. The summed E-state index contributed by atoms with van der Waals surface area (Å²) in [4.78, 5) is 10.8. The van der Waals surface area contributed by atoms with E-state index in [-0.39, 0.29) is 11.3 Å². The second kappa shape index (κ2) is 2.31. The zero-order valence-electron chi connectivity index (χ0n) is 6.90. The van der Waals surface area contributed by atoms with Gasteiger partial charge in [0.1, 0.15) is 7.85 Å². The Hall–Kier alpha value is -1.39. The first-order chi connectivity index (χ1) is 6.01. The molecular formula is C8H6BF2NO. The molecule has 0 saturated heterocycles. The normalized spacial score (nSPS) is 18.2. The predicted molar refractivity (Wildman–Crippen MR) is 47.1 cm³/mol. The number of carbonyl (C=O) groups is 1. The summed E-state index contributed by atoms with van der Waals surface area (Å²) in [6, 6.07) is 4.50. The maximum Gasteiger partial charge on any atom is 0.352 e. The van der Waals surface area contributed by atoms with Crippen LogP contribution in [0.4, 0.5) is 14.5 Å². The summed E-state index contributed by atoms with van der Waals surface area (Å²) in [6.45, 7) is 0. The molecular weight excluding hydrogens is 175 g/mol. The lowest BCUT2D eigenvalue weighted by Crippen LogP contribution is -2.24. The van der Waals surface area contributed by atoms with Gasteiger partial charge >= 0.3 is 5.92 Å². The second-order valence-corrected chi connectivity index (χ2v) is 3.08. The summed E-state index contributed by atoms with van der Waals surface area (Å²) in [5, 5.41) is 2.13. The number of amides is 1. The van der Waals surface area contributed by atoms with Crippen molar-refractivity contribution >= 4 is 24.9 Å². The van der Waals surface area contributed by atoms with Gasteiger partial charge in [-0.05, 0) is 6.07 Å². The number of carbonyl (C=O) groups excluding carboxylic acids is 1. The van der Waals surface area contributed by atoms with Crippen molar-refractivity contribution in [1.29, 1.82) is 0 Å². The fourth-order valence-electron chi connectivity index (χ4n) is 1.35. The molecule has 66 valence electrons. The molecule has 2 rings (SSSR count). The third-order valence-corrected chi connectivity index (χ3v) is 2.05. The Morgan fingerprint density at radius 2 is 2.08 bits per heavy atom. The summed E-state index contributed by atoms with van der Waals surface area (Å²) in [7, 11) is 1.71. The molecule has 0 fully saturated rings. The van der Waals surface area contributed by atoms with Gasteiger partial charge < -0.3 is 5.32 Å². The standard InChI is InChI=1S/C8H6BF2NO/c9-4-1-2-6-5(3-4)8(10,11)7(13)12-6/h1-3H,9H2,(H,12,13). The van der Waals surface area contributed by atoms with Crippen molar-refractivity contribution < 1.29 is 13.6 Å². The van der Waals surface area contributed by atoms with E-state index >= 15 is 0 Å². The van der Waals surface area contributed by atoms with Gasteiger partial charge in [-0.25, -0.2) is 0 Å². The van der Waals surface area contributed by atoms with Crippen LogP contribution in [-0.2, 0) is 10.7 Å². The first kappa shape index (κ1) is 8.22. The van der Waals surface area contributed by atoms with Crippen molar-refractivity contribution in [3.05, 3.63) is 23.8 Å². The molecule has 0 radical (unpaired) electrons. The Kier molecular flexibility index (Phi) is 1.46. The summed E-state index contributed by atoms with van der Waals surface area (Å²) >= 11 is 0. The van der Waals surface area contributed by atoms with Crippen LogP contribution in [0.25, 0.3) is 0 Å². The molecule has 0 bridgehead atoms. The lowest BCUT2D eigenvalue weighted by atomic mass is 9.93. The third kappa shape index (κ3) is 1.03. The topological polar surface area (TPSA) is 29.1 Å². The highest BCUT2D eigenvalue weighted by molar-refractivity contribution is 6.32. The highest BCUT2D eigenvalue weighted by atomic mass is 19.3. The maximum atomic E-state index is 13.1. The molecule has 0 unspecified atom stereocenters. The van der Waals surface area contributed by atoms with Gasteiger partial charge in [0.2, 0.25) is 0 Å². The van der Waals surface area contributed by atoms with E-state index < -0.39 is 11.8 Å². The lowest BCUT2D eigenvalue weighted by molar-refractivity contribution is -0.139. The number of fused-ring (bicyclic) bond motifs is 1. The van der Waals surface area contributed by atoms with E-state index in [0.29, 0.717) is 0 Å². The Morgan fingerprint density at radius 1 is 1.38 bits per heavy atom. The fraction of sp³-hybridized carbons (Fsp3) is 0.125. The van der Waals surface area contributed by atoms with Crippen LogP contribution in [-0.4, -0.2) is 13.8 Å². The number of alkyl halides is 2. The van der Waals surface area contributed by atoms with Gasteiger partial charge in [-0.3, -0.25) is 4.79 Å². The Morgan fingerprint density at radius 3 is 2.77 bits per heavy atom. The van der Waals surface area contributed by atoms with Crippen molar-refractivity contribution in [3.63, 3.8) is 0 Å². The largest absolute Gasteiger partial charge is 0.352 e. The molecule has 1 aromatic carbocycles. The Labute approximate surface area is 74.3 Å². The highest BCUT2D eigenvalue weighted by Gasteiger charge is 2.48. The quantitative estimate of drug-likeness (QED) is 0.560. The predicted octanol–water partition coefficient (Wildman–Crippen LogP) is -0.0111. The monoisotopic (exact) mass is 181 g/mol. The first-order valence-electron chi connectivity index (χ1n) is 3.82. The van der Waals surface area contributed by atoms with E-state index in [0.717, 1.165) is 5.46 Å². The Balaban J connectivity index is 2.64. The van der Waals surface area contributed by atoms with Crippen molar-refractivity contribution in [1.82, 2.24) is 0 Å². The smallest absolute Gasteiger partial charge is 0.320 e. The fourth-order valence-corrected chi connectivity index (χ4v) is 1.35. The number of hydrogen-bond acceptors (Lipinski definition) is 1. The minimum Gasteiger partial charge on any atom is -0.320 e. The highest BCUT2D eigenvalue weighted by Crippen LogP contribution is 2.39. The van der Waals surface area contributed by atoms with Crippen LogP contribution >= 0.6 is 0 Å². The molecule has 2 nitrogen and oxygen atoms in total. The molecule has 1 N–H and O–H groups in total. The zero-order valence-corrected chi connectivity index (χ0v) is 6.90. The molecule has 13 heavy (non-hydrogen) atoms. The number of nitrogens with one attached hydrogen (secondary N) is 1. The molecule has 0 spiro atoms. The van der Waals surface area contributed by atoms with E-state index in [1.54, 1.807) is 13.9 Å². The van der Waals surface area contributed by atoms with Gasteiger partial charge in [-0.15, -0.1) is 0 Å². The number of halogens is 2. The summed E-state index contributed by atoms with van der Waals surface area (Å²) in [5.41, 5.74) is 0.702. The third-order valence-electron chi connectivity index (χ3n) is 2.05. The van der Waals surface area contributed by atoms with Crippen LogP contribution in [0.1, 0.15) is 5.56 Å². The van der Waals surface area contributed by atoms with Gasteiger partial charge in [-0.1, -0.05) is 17.6 Å². The molecule has 0 aliphatic carbocycles. The summed E-state index contributed by atoms with van der Waals surface area (Å²) < 4.78 is 26.2. The maximum absolute atomic E-state index is 13.1. The van der Waals surface area contributed by atoms with E-state index in [1.807, 2.05) is 0 Å². The summed E-state index contributed by atoms with van der Waals surface area (Å²) in [6.07, 6.45) is 0. The SMILES string of the molecule is Bc1ccc2c(c1)C(F)(F)C(=O)N2. The van der Waals surface area contributed by atoms with Crippen LogP contribution in [0.15, 0.2) is 18.2 Å². The van der Waals surface area contributed by atoms with Crippen LogP contribution in [0.5, 0.6) is 0 Å². The molecule has 0 saturated carbocycles. The van der Waals surface area contributed by atoms with E-state index in [2.05, 4.69) is 5.32 Å². The average molecular weight is 181 g/mol. The van der Waals surface area contributed by atoms with Gasteiger partial charge in [-0.2, -0.15) is 8.78 Å². The number of rotatable bonds is 0. The first-order valence-corrected chi connectivity index (χ1v) is 3.82. The number of benzene rings is 1. The van der Waals surface area contributed by atoms with Crippen LogP contribution in [0.2, 0.25) is 0 Å². The molecule has 0 atom stereocenters. The zero-order chi connectivity index (χ0) is 9.64. The van der Waals surface area contributed by atoms with Crippen LogP contribution in [0, 0.1) is 0 Å². The molecule has 1 heterocycles. The number of hydrogen-bond donors (Lipinski definition) is 1. The minimum absolute atomic E-state index is 0.209. The van der Waals surface area contributed by atoms with Crippen molar-refractivity contribution in [2.24, 2.45) is 0 Å². The molecule has 1 aliphatic rings. The van der Waals surface area contributed by atoms with Crippen molar-refractivity contribution in [2.75, 3.05) is 5.32 Å². The van der Waals surface area contributed by atoms with Gasteiger partial charge in [0.15, 0.2) is 0 Å². The van der Waals surface area contributed by atoms with Gasteiger partial charge in [0.05, 0.1) is 11.3 Å². The van der Waals surface area contributed by atoms with E-state index in [9.17, 15) is 13.6 Å². The lowest BCUT2D eigenvalue weighted by Gasteiger charge is -2.06. The molecule has 1 aromatic rings. The van der Waals surface area contributed by atoms with E-state index in [4.69, 9.17) is 0 Å². The van der Waals surface area contributed by atoms with E-state index in [1.165, 1.54) is 12.1 Å². The van der Waals surface area contributed by atoms with Gasteiger partial charge in [0, 0.05) is 0 Å². The number of anilines is 1. The van der Waals surface area contributed by atoms with Crippen LogP contribution < -0.4 is 10.8 Å². The van der Waals surface area contributed by atoms with Crippen molar-refractivity contribution in [2.45, 2.75) is 5.92 Å². The molecule has 5 heteroatoms. The average Bonchev–Trinajstić information content (AvgIpc) is 2.27. The van der Waals surface area contributed by atoms with Crippen LogP contribution in [0.3, 0.4) is 0 Å². The summed E-state index contributed by atoms with van der Waals surface area (Å²) in [5.74, 6) is -4.62. The van der Waals surface area contributed by atoms with Crippen molar-refractivity contribution in [3.8, 4) is 0 Å². The van der Waals surface area contributed by atoms with Gasteiger partial charge in [0.25, 0.3) is 5.91 Å². The minimum atomic E-state index is -3.37. The molecule has 0 aromatic heterocycles. The Bertz CT molecular complexity index is 392.